The topological polar surface area (TPSA) is 70.2 Å². The van der Waals surface area contributed by atoms with Crippen LogP contribution in [0.15, 0.2) is 42.5 Å². The molecule has 0 saturated carbocycles. The Labute approximate surface area is 152 Å². The highest BCUT2D eigenvalue weighted by Crippen LogP contribution is 2.24. The van der Waals surface area contributed by atoms with Gasteiger partial charge in [-0.05, 0) is 37.1 Å². The molecule has 1 fully saturated rings. The maximum absolute atomic E-state index is 12.4. The summed E-state index contributed by atoms with van der Waals surface area (Å²) in [4.78, 5) is 20.3. The van der Waals surface area contributed by atoms with Gasteiger partial charge in [-0.1, -0.05) is 18.6 Å². The monoisotopic (exact) mass is 350 g/mol. The molecule has 6 nitrogen and oxygen atoms in total. The number of imidazole rings is 1. The number of aromatic amines is 1. The van der Waals surface area contributed by atoms with E-state index < -0.39 is 0 Å². The van der Waals surface area contributed by atoms with Gasteiger partial charge >= 0.3 is 0 Å². The summed E-state index contributed by atoms with van der Waals surface area (Å²) in [6, 6.07) is 13.2. The Kier molecular flexibility index (Phi) is 4.58. The molecule has 6 heteroatoms. The van der Waals surface area contributed by atoms with Crippen molar-refractivity contribution in [2.24, 2.45) is 0 Å². The Balaban J connectivity index is 1.51. The molecule has 1 aliphatic rings. The number of hydrogen-bond donors (Lipinski definition) is 2. The van der Waals surface area contributed by atoms with Crippen LogP contribution in [0, 0.1) is 0 Å². The molecule has 0 bridgehead atoms. The number of hydrogen-bond acceptors (Lipinski definition) is 4. The van der Waals surface area contributed by atoms with Gasteiger partial charge in [0, 0.05) is 30.3 Å². The first-order valence-corrected chi connectivity index (χ1v) is 8.93. The van der Waals surface area contributed by atoms with Crippen LogP contribution in [0.25, 0.3) is 22.4 Å². The lowest BCUT2D eigenvalue weighted by atomic mass is 10.1. The van der Waals surface area contributed by atoms with Crippen LogP contribution in [0.2, 0.25) is 0 Å². The molecule has 26 heavy (non-hydrogen) atoms. The zero-order valence-electron chi connectivity index (χ0n) is 14.8. The Bertz CT molecular complexity index is 911. The number of nitrogens with one attached hydrogen (secondary N) is 2. The normalized spacial score (nSPS) is 15.1. The third kappa shape index (κ3) is 3.41. The highest BCUT2D eigenvalue weighted by Gasteiger charge is 2.14. The van der Waals surface area contributed by atoms with Crippen molar-refractivity contribution in [1.82, 2.24) is 20.4 Å². The third-order valence-electron chi connectivity index (χ3n) is 4.73. The van der Waals surface area contributed by atoms with E-state index >= 15 is 0 Å². The first-order chi connectivity index (χ1) is 12.7. The van der Waals surface area contributed by atoms with E-state index in [0.29, 0.717) is 5.56 Å². The fraction of sp³-hybridized carbons (Fsp3) is 0.300. The van der Waals surface area contributed by atoms with Crippen LogP contribution in [0.1, 0.15) is 29.6 Å². The van der Waals surface area contributed by atoms with Gasteiger partial charge in [0.2, 0.25) is 0 Å². The highest BCUT2D eigenvalue weighted by molar-refractivity contribution is 5.94. The fourth-order valence-corrected chi connectivity index (χ4v) is 3.25. The number of fused-ring (bicyclic) bond motifs is 1. The zero-order valence-corrected chi connectivity index (χ0v) is 14.8. The second kappa shape index (κ2) is 7.17. The Morgan fingerprint density at radius 2 is 1.88 bits per heavy atom. The minimum Gasteiger partial charge on any atom is -0.497 e. The number of rotatable bonds is 4. The molecule has 0 radical (unpaired) electrons. The second-order valence-corrected chi connectivity index (χ2v) is 6.53. The third-order valence-corrected chi connectivity index (χ3v) is 4.73. The molecule has 1 amide bonds. The number of carbonyl (C=O) groups is 1. The van der Waals surface area contributed by atoms with Crippen molar-refractivity contribution in [3.05, 3.63) is 48.0 Å². The van der Waals surface area contributed by atoms with Gasteiger partial charge in [-0.3, -0.25) is 10.2 Å². The van der Waals surface area contributed by atoms with Crippen molar-refractivity contribution in [2.75, 3.05) is 20.2 Å². The summed E-state index contributed by atoms with van der Waals surface area (Å²) in [6.07, 6.45) is 3.51. The average molecular weight is 350 g/mol. The predicted octanol–water partition coefficient (Wildman–Crippen LogP) is 3.37. The van der Waals surface area contributed by atoms with Gasteiger partial charge in [0.1, 0.15) is 11.6 Å². The van der Waals surface area contributed by atoms with Crippen molar-refractivity contribution < 1.29 is 9.53 Å². The fourth-order valence-electron chi connectivity index (χ4n) is 3.25. The standard InChI is InChI=1S/C20H22N4O2/c1-26-16-9-10-17-18(13-16)22-19(21-17)14-5-7-15(8-6-14)20(25)23-24-11-3-2-4-12-24/h5-10,13H,2-4,11-12H2,1H3,(H,21,22)(H,23,25). The molecule has 1 aromatic heterocycles. The maximum Gasteiger partial charge on any atom is 0.265 e. The summed E-state index contributed by atoms with van der Waals surface area (Å²) in [7, 11) is 1.64. The summed E-state index contributed by atoms with van der Waals surface area (Å²) in [5, 5.41) is 2.01. The van der Waals surface area contributed by atoms with Crippen LogP contribution in [-0.2, 0) is 0 Å². The van der Waals surface area contributed by atoms with Gasteiger partial charge < -0.3 is 9.72 Å². The molecule has 0 aliphatic carbocycles. The lowest BCUT2D eigenvalue weighted by molar-refractivity contribution is 0.0750. The summed E-state index contributed by atoms with van der Waals surface area (Å²) in [5.41, 5.74) is 6.38. The molecule has 0 spiro atoms. The molecule has 3 aromatic rings. The molecule has 0 atom stereocenters. The number of amides is 1. The van der Waals surface area contributed by atoms with Crippen LogP contribution >= 0.6 is 0 Å². The van der Waals surface area contributed by atoms with Crippen LogP contribution in [0.5, 0.6) is 5.75 Å². The van der Waals surface area contributed by atoms with Crippen molar-refractivity contribution in [2.45, 2.75) is 19.3 Å². The number of methoxy groups -OCH3 is 1. The molecule has 134 valence electrons. The van der Waals surface area contributed by atoms with Gasteiger partial charge in [-0.25, -0.2) is 9.99 Å². The highest BCUT2D eigenvalue weighted by atomic mass is 16.5. The summed E-state index contributed by atoms with van der Waals surface area (Å²) < 4.78 is 5.25. The van der Waals surface area contributed by atoms with E-state index in [2.05, 4.69) is 15.4 Å². The second-order valence-electron chi connectivity index (χ2n) is 6.53. The molecule has 1 saturated heterocycles. The quantitative estimate of drug-likeness (QED) is 0.757. The number of benzene rings is 2. The lowest BCUT2D eigenvalue weighted by Gasteiger charge is -2.26. The van der Waals surface area contributed by atoms with Gasteiger partial charge in [-0.2, -0.15) is 0 Å². The number of nitrogens with zero attached hydrogens (tertiary/aromatic N) is 2. The SMILES string of the molecule is COc1ccc2nc(-c3ccc(C(=O)NN4CCCCC4)cc3)[nH]c2c1. The molecule has 2 aromatic carbocycles. The Hall–Kier alpha value is -2.86. The van der Waals surface area contributed by atoms with E-state index in [1.54, 1.807) is 7.11 Å². The zero-order chi connectivity index (χ0) is 17.9. The molecule has 0 unspecified atom stereocenters. The van der Waals surface area contributed by atoms with Gasteiger partial charge in [-0.15, -0.1) is 0 Å². The average Bonchev–Trinajstić information content (AvgIpc) is 3.12. The molecule has 2 N–H and O–H groups in total. The number of hydrazine groups is 1. The summed E-state index contributed by atoms with van der Waals surface area (Å²) in [6.45, 7) is 1.85. The summed E-state index contributed by atoms with van der Waals surface area (Å²) in [5.74, 6) is 1.50. The minimum absolute atomic E-state index is 0.0622. The Morgan fingerprint density at radius 3 is 2.62 bits per heavy atom. The molecule has 1 aliphatic heterocycles. The summed E-state index contributed by atoms with van der Waals surface area (Å²) >= 11 is 0. The van der Waals surface area contributed by atoms with E-state index in [9.17, 15) is 4.79 Å². The smallest absolute Gasteiger partial charge is 0.265 e. The molecular formula is C20H22N4O2. The number of piperidine rings is 1. The first kappa shape index (κ1) is 16.6. The van der Waals surface area contributed by atoms with Crippen LogP contribution < -0.4 is 10.2 Å². The molecule has 2 heterocycles. The van der Waals surface area contributed by atoms with Gasteiger partial charge in [0.15, 0.2) is 0 Å². The van der Waals surface area contributed by atoms with E-state index in [4.69, 9.17) is 4.74 Å². The number of ether oxygens (including phenoxy) is 1. The van der Waals surface area contributed by atoms with Crippen molar-refractivity contribution in [3.8, 4) is 17.1 Å². The first-order valence-electron chi connectivity index (χ1n) is 8.93. The van der Waals surface area contributed by atoms with Crippen molar-refractivity contribution in [3.63, 3.8) is 0 Å². The minimum atomic E-state index is -0.0622. The largest absolute Gasteiger partial charge is 0.497 e. The Morgan fingerprint density at radius 1 is 1.12 bits per heavy atom. The van der Waals surface area contributed by atoms with Crippen LogP contribution in [0.3, 0.4) is 0 Å². The lowest BCUT2D eigenvalue weighted by Crippen LogP contribution is -2.45. The van der Waals surface area contributed by atoms with E-state index in [0.717, 1.165) is 54.1 Å². The van der Waals surface area contributed by atoms with Crippen LogP contribution in [0.4, 0.5) is 0 Å². The number of H-pyrrole nitrogens is 1. The predicted molar refractivity (Wildman–Crippen MR) is 101 cm³/mol. The molecule has 4 rings (SSSR count). The van der Waals surface area contributed by atoms with Crippen LogP contribution in [-0.4, -0.2) is 41.1 Å². The van der Waals surface area contributed by atoms with Gasteiger partial charge in [0.05, 0.1) is 18.1 Å². The maximum atomic E-state index is 12.4. The van der Waals surface area contributed by atoms with Gasteiger partial charge in [0.25, 0.3) is 5.91 Å². The van der Waals surface area contributed by atoms with Crippen molar-refractivity contribution >= 4 is 16.9 Å². The number of aromatic nitrogens is 2. The van der Waals surface area contributed by atoms with Crippen molar-refractivity contribution in [1.29, 1.82) is 0 Å². The van der Waals surface area contributed by atoms with E-state index in [1.807, 2.05) is 47.5 Å². The molecular weight excluding hydrogens is 328 g/mol. The van der Waals surface area contributed by atoms with E-state index in [-0.39, 0.29) is 5.91 Å². The number of carbonyl (C=O) groups excluding carboxylic acids is 1. The van der Waals surface area contributed by atoms with E-state index in [1.165, 1.54) is 6.42 Å².